The first-order valence-corrected chi connectivity index (χ1v) is 11.2. The smallest absolute Gasteiger partial charge is 0.305 e. The van der Waals surface area contributed by atoms with Gasteiger partial charge in [0.15, 0.2) is 11.5 Å². The molecule has 0 bridgehead atoms. The number of benzene rings is 1. The number of carbonyl (C=O) groups is 1. The lowest BCUT2D eigenvalue weighted by Gasteiger charge is -2.06. The molecule has 0 amide bonds. The van der Waals surface area contributed by atoms with E-state index in [1.165, 1.54) is 37.8 Å². The third-order valence-electron chi connectivity index (χ3n) is 4.71. The van der Waals surface area contributed by atoms with Crippen LogP contribution in [0, 0.1) is 0 Å². The third-order valence-corrected chi connectivity index (χ3v) is 4.71. The van der Waals surface area contributed by atoms with Crippen LogP contribution >= 0.6 is 0 Å². The highest BCUT2D eigenvalue weighted by molar-refractivity contribution is 5.69. The van der Waals surface area contributed by atoms with Gasteiger partial charge in [0.05, 0.1) is 6.61 Å². The van der Waals surface area contributed by atoms with Crippen LogP contribution in [0.15, 0.2) is 54.7 Å². The van der Waals surface area contributed by atoms with E-state index in [2.05, 4.69) is 43.4 Å². The van der Waals surface area contributed by atoms with E-state index >= 15 is 0 Å². The molecule has 0 aromatic heterocycles. The minimum Gasteiger partial charge on any atom is -0.504 e. The normalized spacial score (nSPS) is 11.8. The summed E-state index contributed by atoms with van der Waals surface area (Å²) in [5.74, 6) is -0.490. The van der Waals surface area contributed by atoms with Crippen LogP contribution in [0.1, 0.15) is 76.7 Å². The van der Waals surface area contributed by atoms with Crippen molar-refractivity contribution in [2.45, 2.75) is 77.6 Å². The number of allylic oxidation sites excluding steroid dienone is 6. The number of phenolic OH excluding ortho intramolecular Hbond substituents is 2. The second-order valence-electron chi connectivity index (χ2n) is 7.42. The second kappa shape index (κ2) is 17.4. The first kappa shape index (κ1) is 25.5. The maximum atomic E-state index is 11.7. The molecular weight excluding hydrogens is 376 g/mol. The Kier molecular flexibility index (Phi) is 14.8. The fourth-order valence-corrected chi connectivity index (χ4v) is 2.90. The van der Waals surface area contributed by atoms with Gasteiger partial charge < -0.3 is 14.9 Å². The molecule has 0 atom stereocenters. The Morgan fingerprint density at radius 1 is 0.867 bits per heavy atom. The van der Waals surface area contributed by atoms with Crippen molar-refractivity contribution in [3.05, 3.63) is 60.2 Å². The van der Waals surface area contributed by atoms with Gasteiger partial charge >= 0.3 is 5.97 Å². The molecule has 0 aliphatic carbocycles. The molecule has 2 N–H and O–H groups in total. The van der Waals surface area contributed by atoms with Gasteiger partial charge in [-0.15, -0.1) is 0 Å². The number of hydrogen-bond donors (Lipinski definition) is 2. The Labute approximate surface area is 182 Å². The highest BCUT2D eigenvalue weighted by Gasteiger charge is 2.04. The Balaban J connectivity index is 1.96. The van der Waals surface area contributed by atoms with E-state index < -0.39 is 0 Å². The van der Waals surface area contributed by atoms with Crippen LogP contribution in [0.25, 0.3) is 0 Å². The molecule has 0 fully saturated rings. The number of ether oxygens (including phenoxy) is 1. The number of rotatable bonds is 16. The van der Waals surface area contributed by atoms with E-state index in [9.17, 15) is 15.0 Å². The molecule has 4 heteroatoms. The summed E-state index contributed by atoms with van der Waals surface area (Å²) in [6.07, 6.45) is 24.0. The molecule has 0 aliphatic heterocycles. The first-order valence-electron chi connectivity index (χ1n) is 11.2. The number of unbranched alkanes of at least 4 members (excludes halogenated alkanes) is 5. The predicted octanol–water partition coefficient (Wildman–Crippen LogP) is 6.77. The summed E-state index contributed by atoms with van der Waals surface area (Å²) in [7, 11) is 0. The highest BCUT2D eigenvalue weighted by Crippen LogP contribution is 2.24. The number of esters is 1. The minimum atomic E-state index is -0.187. The van der Waals surface area contributed by atoms with Crippen molar-refractivity contribution in [2.24, 2.45) is 0 Å². The summed E-state index contributed by atoms with van der Waals surface area (Å²) in [6, 6.07) is 4.62. The lowest BCUT2D eigenvalue weighted by Crippen LogP contribution is -2.07. The minimum absolute atomic E-state index is 0.147. The molecule has 1 aromatic carbocycles. The number of hydrogen-bond acceptors (Lipinski definition) is 4. The lowest BCUT2D eigenvalue weighted by molar-refractivity contribution is -0.143. The van der Waals surface area contributed by atoms with Crippen molar-refractivity contribution in [1.82, 2.24) is 0 Å². The molecule has 0 saturated heterocycles. The van der Waals surface area contributed by atoms with Gasteiger partial charge in [0.25, 0.3) is 0 Å². The number of phenols is 2. The van der Waals surface area contributed by atoms with Gasteiger partial charge in [-0.3, -0.25) is 4.79 Å². The Hall–Kier alpha value is -2.49. The molecule has 0 saturated carbocycles. The topological polar surface area (TPSA) is 66.8 Å². The molecular formula is C26H38O4. The van der Waals surface area contributed by atoms with Gasteiger partial charge in [0.1, 0.15) is 0 Å². The SMILES string of the molecule is CCCCC/C=C\C/C=C\C/C=C\CCCCC(=O)OCCc1ccc(O)c(O)c1. The van der Waals surface area contributed by atoms with Crippen molar-refractivity contribution in [3.8, 4) is 11.5 Å². The molecule has 1 rings (SSSR count). The van der Waals surface area contributed by atoms with E-state index in [0.717, 1.165) is 37.7 Å². The maximum absolute atomic E-state index is 11.7. The van der Waals surface area contributed by atoms with Crippen molar-refractivity contribution in [1.29, 1.82) is 0 Å². The monoisotopic (exact) mass is 414 g/mol. The zero-order valence-corrected chi connectivity index (χ0v) is 18.4. The van der Waals surface area contributed by atoms with Crippen LogP contribution in [-0.2, 0) is 16.0 Å². The zero-order valence-electron chi connectivity index (χ0n) is 18.4. The first-order chi connectivity index (χ1) is 14.6. The van der Waals surface area contributed by atoms with E-state index in [4.69, 9.17) is 4.74 Å². The zero-order chi connectivity index (χ0) is 21.9. The van der Waals surface area contributed by atoms with Gasteiger partial charge in [-0.05, 0) is 62.6 Å². The average Bonchev–Trinajstić information content (AvgIpc) is 2.73. The van der Waals surface area contributed by atoms with Gasteiger partial charge in [-0.2, -0.15) is 0 Å². The Bertz CT molecular complexity index is 674. The Morgan fingerprint density at radius 2 is 1.50 bits per heavy atom. The van der Waals surface area contributed by atoms with Crippen LogP contribution in [0.3, 0.4) is 0 Å². The maximum Gasteiger partial charge on any atom is 0.305 e. The molecule has 166 valence electrons. The summed E-state index contributed by atoms with van der Waals surface area (Å²) in [6.45, 7) is 2.51. The van der Waals surface area contributed by atoms with Gasteiger partial charge in [-0.25, -0.2) is 0 Å². The van der Waals surface area contributed by atoms with Crippen LogP contribution in [0.4, 0.5) is 0 Å². The molecule has 4 nitrogen and oxygen atoms in total. The molecule has 0 heterocycles. The van der Waals surface area contributed by atoms with Crippen molar-refractivity contribution in [3.63, 3.8) is 0 Å². The van der Waals surface area contributed by atoms with Crippen LogP contribution in [0.5, 0.6) is 11.5 Å². The second-order valence-corrected chi connectivity index (χ2v) is 7.42. The summed E-state index contributed by atoms with van der Waals surface area (Å²) >= 11 is 0. The standard InChI is InChI=1S/C26H38O4/c1-2-3-4-5-6-7-8-9-10-11-12-13-14-15-16-17-26(29)30-21-20-23-18-19-24(27)25(28)22-23/h6-7,9-10,12-13,18-19,22,27-28H,2-5,8,11,14-17,20-21H2,1H3/b7-6-,10-9-,13-12-. The van der Waals surface area contributed by atoms with Crippen molar-refractivity contribution < 1.29 is 19.7 Å². The number of aromatic hydroxyl groups is 2. The number of carbonyl (C=O) groups excluding carboxylic acids is 1. The highest BCUT2D eigenvalue weighted by atomic mass is 16.5. The average molecular weight is 415 g/mol. The molecule has 1 aromatic rings. The van der Waals surface area contributed by atoms with E-state index in [1.54, 1.807) is 6.07 Å². The predicted molar refractivity (Wildman–Crippen MR) is 124 cm³/mol. The van der Waals surface area contributed by atoms with Gasteiger partial charge in [0.2, 0.25) is 0 Å². The molecule has 0 aliphatic rings. The Morgan fingerprint density at radius 3 is 2.13 bits per heavy atom. The third kappa shape index (κ3) is 13.6. The lowest BCUT2D eigenvalue weighted by atomic mass is 10.1. The fraction of sp³-hybridized carbons (Fsp3) is 0.500. The van der Waals surface area contributed by atoms with Crippen molar-refractivity contribution in [2.75, 3.05) is 6.61 Å². The summed E-state index contributed by atoms with van der Waals surface area (Å²) in [4.78, 5) is 11.7. The molecule has 0 spiro atoms. The summed E-state index contributed by atoms with van der Waals surface area (Å²) in [5, 5.41) is 18.7. The molecule has 0 radical (unpaired) electrons. The largest absolute Gasteiger partial charge is 0.504 e. The van der Waals surface area contributed by atoms with E-state index in [-0.39, 0.29) is 24.1 Å². The summed E-state index contributed by atoms with van der Waals surface area (Å²) in [5.41, 5.74) is 0.820. The summed E-state index contributed by atoms with van der Waals surface area (Å²) < 4.78 is 5.22. The molecule has 0 unspecified atom stereocenters. The molecule has 30 heavy (non-hydrogen) atoms. The van der Waals surface area contributed by atoms with Crippen LogP contribution in [-0.4, -0.2) is 22.8 Å². The van der Waals surface area contributed by atoms with Gasteiger partial charge in [-0.1, -0.05) is 62.3 Å². The van der Waals surface area contributed by atoms with E-state index in [1.807, 2.05) is 0 Å². The van der Waals surface area contributed by atoms with Crippen molar-refractivity contribution >= 4 is 5.97 Å². The quantitative estimate of drug-likeness (QED) is 0.135. The fourth-order valence-electron chi connectivity index (χ4n) is 2.90. The van der Waals surface area contributed by atoms with E-state index in [0.29, 0.717) is 12.8 Å². The van der Waals surface area contributed by atoms with Gasteiger partial charge in [0, 0.05) is 12.8 Å². The van der Waals surface area contributed by atoms with Crippen LogP contribution < -0.4 is 0 Å². The van der Waals surface area contributed by atoms with Crippen LogP contribution in [0.2, 0.25) is 0 Å².